The molecule has 0 saturated heterocycles. The van der Waals surface area contributed by atoms with E-state index in [1.807, 2.05) is 0 Å². The molecule has 0 aromatic carbocycles. The van der Waals surface area contributed by atoms with Crippen LogP contribution in [0.2, 0.25) is 0 Å². The summed E-state index contributed by atoms with van der Waals surface area (Å²) in [6, 6.07) is 0. The van der Waals surface area contributed by atoms with Crippen molar-refractivity contribution in [1.29, 1.82) is 0 Å². The van der Waals surface area contributed by atoms with E-state index in [1.165, 1.54) is 11.3 Å². The predicted octanol–water partition coefficient (Wildman–Crippen LogP) is 0.522. The molecule has 1 aromatic rings. The highest BCUT2D eigenvalue weighted by Crippen LogP contribution is 2.04. The van der Waals surface area contributed by atoms with E-state index in [1.54, 1.807) is 11.6 Å². The van der Waals surface area contributed by atoms with E-state index in [0.717, 1.165) is 0 Å². The Kier molecular flexibility index (Phi) is 2.32. The fourth-order valence-corrected chi connectivity index (χ4v) is 1.66. The fourth-order valence-electron chi connectivity index (χ4n) is 0.425. The van der Waals surface area contributed by atoms with Gasteiger partial charge in [-0.1, -0.05) is 0 Å². The normalized spacial score (nSPS) is 13.4. The molecule has 0 bridgehead atoms. The Bertz CT molecular complexity index is 196. The Morgan fingerprint density at radius 2 is 2.67 bits per heavy atom. The smallest absolute Gasteiger partial charge is 0.104 e. The quantitative estimate of drug-likeness (QED) is 0.596. The van der Waals surface area contributed by atoms with Crippen LogP contribution >= 0.6 is 11.3 Å². The van der Waals surface area contributed by atoms with E-state index in [0.29, 0.717) is 5.01 Å². The molecule has 0 aliphatic heterocycles. The average Bonchev–Trinajstić information content (AvgIpc) is 2.15. The molecule has 0 spiro atoms. The zero-order valence-electron chi connectivity index (χ0n) is 4.44. The number of rotatable bonds is 2. The molecule has 0 radical (unpaired) electrons. The average molecular weight is 162 g/mol. The Balaban J connectivity index is 2.58. The second-order valence-electron chi connectivity index (χ2n) is 1.37. The number of nitrogens with zero attached hydrogens (tertiary/aromatic N) is 1. The lowest BCUT2D eigenvalue weighted by Gasteiger charge is -1.98. The fraction of sp³-hybridized carbons (Fsp3) is 0.250. The van der Waals surface area contributed by atoms with E-state index < -0.39 is 11.1 Å². The summed E-state index contributed by atoms with van der Waals surface area (Å²) in [7, 11) is 0. The number of hydrogen-bond donors (Lipinski definition) is 0. The van der Waals surface area contributed by atoms with Crippen LogP contribution < -0.4 is 0 Å². The van der Waals surface area contributed by atoms with E-state index in [-0.39, 0.29) is 5.75 Å². The van der Waals surface area contributed by atoms with Crippen LogP contribution in [0.1, 0.15) is 5.01 Å². The summed E-state index contributed by atoms with van der Waals surface area (Å²) in [5.74, 6) is 0.0394. The Hall–Kier alpha value is -0.260. The zero-order chi connectivity index (χ0) is 6.69. The molecular weight excluding hydrogens is 158 g/mol. The van der Waals surface area contributed by atoms with E-state index in [4.69, 9.17) is 0 Å². The van der Waals surface area contributed by atoms with Crippen LogP contribution in [0.5, 0.6) is 0 Å². The largest absolute Gasteiger partial charge is 0.772 e. The van der Waals surface area contributed by atoms with Gasteiger partial charge in [-0.05, 0) is 11.1 Å². The third-order valence-electron chi connectivity index (χ3n) is 0.725. The van der Waals surface area contributed by atoms with Crippen molar-refractivity contribution in [1.82, 2.24) is 4.98 Å². The molecule has 0 saturated carbocycles. The van der Waals surface area contributed by atoms with Crippen molar-refractivity contribution in [2.24, 2.45) is 0 Å². The summed E-state index contributed by atoms with van der Waals surface area (Å²) in [5.41, 5.74) is 0. The van der Waals surface area contributed by atoms with Crippen LogP contribution in [0.4, 0.5) is 0 Å². The van der Waals surface area contributed by atoms with Gasteiger partial charge in [0, 0.05) is 11.6 Å². The van der Waals surface area contributed by atoms with Crippen molar-refractivity contribution in [2.75, 3.05) is 0 Å². The van der Waals surface area contributed by atoms with Gasteiger partial charge in [0.1, 0.15) is 5.01 Å². The molecule has 3 nitrogen and oxygen atoms in total. The summed E-state index contributed by atoms with van der Waals surface area (Å²) in [6.07, 6.45) is 1.59. The lowest BCUT2D eigenvalue weighted by atomic mass is 10.8. The molecule has 0 amide bonds. The van der Waals surface area contributed by atoms with Gasteiger partial charge in [-0.3, -0.25) is 4.21 Å². The first-order valence-electron chi connectivity index (χ1n) is 2.23. The van der Waals surface area contributed by atoms with Gasteiger partial charge < -0.3 is 4.55 Å². The molecule has 50 valence electrons. The Morgan fingerprint density at radius 3 is 3.11 bits per heavy atom. The maximum atomic E-state index is 10.0. The first-order chi connectivity index (χ1) is 4.29. The molecule has 1 rings (SSSR count). The van der Waals surface area contributed by atoms with Gasteiger partial charge >= 0.3 is 0 Å². The first kappa shape index (κ1) is 6.85. The van der Waals surface area contributed by atoms with Crippen molar-refractivity contribution >= 4 is 22.4 Å². The van der Waals surface area contributed by atoms with Gasteiger partial charge in [0.25, 0.3) is 0 Å². The second-order valence-corrected chi connectivity index (χ2v) is 3.25. The second kappa shape index (κ2) is 3.05. The number of aromatic nitrogens is 1. The maximum Gasteiger partial charge on any atom is 0.104 e. The SMILES string of the molecule is O=S([O-])Cc1nccs1. The Morgan fingerprint density at radius 1 is 1.89 bits per heavy atom. The van der Waals surface area contributed by atoms with Crippen LogP contribution in [0.3, 0.4) is 0 Å². The van der Waals surface area contributed by atoms with Crippen molar-refractivity contribution in [3.05, 3.63) is 16.6 Å². The zero-order valence-corrected chi connectivity index (χ0v) is 6.08. The molecule has 0 aliphatic carbocycles. The first-order valence-corrected chi connectivity index (χ1v) is 4.35. The predicted molar refractivity (Wildman–Crippen MR) is 34.7 cm³/mol. The van der Waals surface area contributed by atoms with Gasteiger partial charge in [-0.15, -0.1) is 11.3 Å². The van der Waals surface area contributed by atoms with Crippen molar-refractivity contribution in [3.63, 3.8) is 0 Å². The molecule has 1 aromatic heterocycles. The van der Waals surface area contributed by atoms with Crippen LogP contribution in [0.15, 0.2) is 11.6 Å². The third kappa shape index (κ3) is 2.21. The number of hydrogen-bond acceptors (Lipinski definition) is 4. The van der Waals surface area contributed by atoms with E-state index in [9.17, 15) is 8.76 Å². The van der Waals surface area contributed by atoms with Gasteiger partial charge in [-0.25, -0.2) is 4.98 Å². The minimum atomic E-state index is -2.00. The molecule has 5 heteroatoms. The standard InChI is InChI=1S/C4H5NO2S2/c6-9(7)3-4-5-1-2-8-4/h1-2H,3H2,(H,6,7)/p-1. The van der Waals surface area contributed by atoms with Gasteiger partial charge in [0.2, 0.25) is 0 Å². The van der Waals surface area contributed by atoms with Gasteiger partial charge in [-0.2, -0.15) is 0 Å². The van der Waals surface area contributed by atoms with Crippen molar-refractivity contribution in [3.8, 4) is 0 Å². The molecule has 9 heavy (non-hydrogen) atoms. The summed E-state index contributed by atoms with van der Waals surface area (Å²) < 4.78 is 20.1. The molecule has 0 aliphatic rings. The topological polar surface area (TPSA) is 53.0 Å². The van der Waals surface area contributed by atoms with Crippen LogP contribution in [-0.4, -0.2) is 13.7 Å². The Labute approximate surface area is 59.0 Å². The lowest BCUT2D eigenvalue weighted by Crippen LogP contribution is -1.91. The van der Waals surface area contributed by atoms with Gasteiger partial charge in [0.05, 0.1) is 5.75 Å². The summed E-state index contributed by atoms with van der Waals surface area (Å²) in [5, 5.41) is 2.39. The monoisotopic (exact) mass is 162 g/mol. The van der Waals surface area contributed by atoms with E-state index >= 15 is 0 Å². The molecule has 1 unspecified atom stereocenters. The van der Waals surface area contributed by atoms with Gasteiger partial charge in [0.15, 0.2) is 0 Å². The molecular formula is C4H4NO2S2-. The van der Waals surface area contributed by atoms with Crippen molar-refractivity contribution < 1.29 is 8.76 Å². The van der Waals surface area contributed by atoms with Crippen LogP contribution in [-0.2, 0) is 16.8 Å². The number of thiazole rings is 1. The highest BCUT2D eigenvalue weighted by Gasteiger charge is 1.91. The summed E-state index contributed by atoms with van der Waals surface area (Å²) in [6.45, 7) is 0. The summed E-state index contributed by atoms with van der Waals surface area (Å²) >= 11 is -0.650. The summed E-state index contributed by atoms with van der Waals surface area (Å²) in [4.78, 5) is 3.78. The minimum absolute atomic E-state index is 0.0394. The van der Waals surface area contributed by atoms with Crippen LogP contribution in [0, 0.1) is 0 Å². The molecule has 1 atom stereocenters. The lowest BCUT2D eigenvalue weighted by molar-refractivity contribution is 0.536. The van der Waals surface area contributed by atoms with E-state index in [2.05, 4.69) is 4.98 Å². The highest BCUT2D eigenvalue weighted by atomic mass is 32.2. The maximum absolute atomic E-state index is 10.0. The van der Waals surface area contributed by atoms with Crippen LogP contribution in [0.25, 0.3) is 0 Å². The molecule has 1 heterocycles. The molecule has 0 fully saturated rings. The third-order valence-corrected chi connectivity index (χ3v) is 2.20. The molecule has 0 N–H and O–H groups in total. The van der Waals surface area contributed by atoms with Crippen molar-refractivity contribution in [2.45, 2.75) is 5.75 Å². The minimum Gasteiger partial charge on any atom is -0.772 e. The highest BCUT2D eigenvalue weighted by molar-refractivity contribution is 7.78.